The summed E-state index contributed by atoms with van der Waals surface area (Å²) in [6.45, 7) is 18.1. The van der Waals surface area contributed by atoms with Gasteiger partial charge in [-0.1, -0.05) is 97.9 Å². The van der Waals surface area contributed by atoms with Gasteiger partial charge in [0.05, 0.1) is 45.2 Å². The minimum absolute atomic E-state index is 0.134. The van der Waals surface area contributed by atoms with Crippen molar-refractivity contribution < 1.29 is 28.5 Å². The molecule has 0 saturated heterocycles. The topological polar surface area (TPSA) is 77.4 Å². The second kappa shape index (κ2) is 16.6. The molecule has 0 heterocycles. The summed E-state index contributed by atoms with van der Waals surface area (Å²) in [5, 5.41) is 22.6. The zero-order chi connectivity index (χ0) is 29.9. The first-order valence-corrected chi connectivity index (χ1v) is 16.9. The van der Waals surface area contributed by atoms with Gasteiger partial charge in [0.15, 0.2) is 0 Å². The number of rotatable bonds is 18. The fourth-order valence-corrected chi connectivity index (χ4v) is 9.34. The van der Waals surface area contributed by atoms with Gasteiger partial charge in [-0.25, -0.2) is 0 Å². The Labute approximate surface area is 244 Å². The zero-order valence-electron chi connectivity index (χ0n) is 26.2. The van der Waals surface area contributed by atoms with Gasteiger partial charge in [0.25, 0.3) is 0 Å². The average molecular weight is 575 g/mol. The Morgan fingerprint density at radius 3 is 1.82 bits per heavy atom. The second-order valence-corrected chi connectivity index (χ2v) is 16.2. The van der Waals surface area contributed by atoms with E-state index in [1.54, 1.807) is 7.11 Å². The monoisotopic (exact) mass is 574 g/mol. The highest BCUT2D eigenvalue weighted by molar-refractivity contribution is 6.70. The van der Waals surface area contributed by atoms with Crippen molar-refractivity contribution >= 4 is 8.56 Å². The van der Waals surface area contributed by atoms with Crippen LogP contribution in [0.3, 0.4) is 0 Å². The highest BCUT2D eigenvalue weighted by atomic mass is 28.4. The van der Waals surface area contributed by atoms with Crippen LogP contribution in [-0.4, -0.2) is 50.8 Å². The second-order valence-electron chi connectivity index (χ2n) is 11.9. The molecule has 7 heteroatoms. The normalized spacial score (nSPS) is 16.9. The van der Waals surface area contributed by atoms with Crippen molar-refractivity contribution in [2.75, 3.05) is 13.7 Å². The van der Waals surface area contributed by atoms with Gasteiger partial charge in [-0.2, -0.15) is 0 Å². The molecule has 0 spiro atoms. The van der Waals surface area contributed by atoms with Gasteiger partial charge in [0.2, 0.25) is 0 Å². The van der Waals surface area contributed by atoms with E-state index in [1.807, 2.05) is 63.2 Å². The number of methoxy groups -OCH3 is 1. The lowest BCUT2D eigenvalue weighted by Gasteiger charge is -2.43. The molecule has 2 aromatic carbocycles. The molecule has 0 bridgehead atoms. The molecular formula is C33H54O6Si. The third-order valence-electron chi connectivity index (χ3n) is 8.25. The van der Waals surface area contributed by atoms with Crippen LogP contribution in [0.4, 0.5) is 0 Å². The molecular weight excluding hydrogens is 520 g/mol. The molecule has 0 saturated carbocycles. The quantitative estimate of drug-likeness (QED) is 0.185. The Bertz CT molecular complexity index is 943. The lowest BCUT2D eigenvalue weighted by Crippen LogP contribution is -2.53. The third kappa shape index (κ3) is 9.40. The summed E-state index contributed by atoms with van der Waals surface area (Å²) < 4.78 is 24.8. The lowest BCUT2D eigenvalue weighted by molar-refractivity contribution is -0.0719. The first-order valence-electron chi connectivity index (χ1n) is 14.9. The maximum atomic E-state index is 11.4. The number of hydrogen-bond acceptors (Lipinski definition) is 6. The lowest BCUT2D eigenvalue weighted by atomic mass is 9.82. The number of aliphatic hydroxyl groups is 2. The van der Waals surface area contributed by atoms with Gasteiger partial charge >= 0.3 is 8.56 Å². The third-order valence-corrected chi connectivity index (χ3v) is 12.7. The Balaban J connectivity index is 2.02. The van der Waals surface area contributed by atoms with Gasteiger partial charge in [0, 0.05) is 17.8 Å². The van der Waals surface area contributed by atoms with Crippen LogP contribution in [0.2, 0.25) is 11.1 Å². The highest BCUT2D eigenvalue weighted by Gasteiger charge is 2.48. The van der Waals surface area contributed by atoms with Crippen LogP contribution in [0, 0.1) is 17.8 Å². The van der Waals surface area contributed by atoms with Crippen molar-refractivity contribution in [3.05, 3.63) is 65.7 Å². The maximum absolute atomic E-state index is 11.4. The summed E-state index contributed by atoms with van der Waals surface area (Å²) in [4.78, 5) is 0. The maximum Gasteiger partial charge on any atom is 0.343 e. The van der Waals surface area contributed by atoms with Crippen molar-refractivity contribution in [1.82, 2.24) is 0 Å². The van der Waals surface area contributed by atoms with Crippen LogP contribution in [0.15, 0.2) is 54.6 Å². The van der Waals surface area contributed by atoms with Crippen LogP contribution >= 0.6 is 0 Å². The van der Waals surface area contributed by atoms with Crippen molar-refractivity contribution in [2.45, 2.75) is 104 Å². The standard InChI is InChI=1S/C33H54O6Si/c1-10-31(39-40(23(2)3,24(4)5)38-22-28-14-12-11-13-15-28)26(7)33(35)27(8)32(34)25(6)20-37-21-29-16-18-30(36-9)19-17-29/h11-19,23-27,31-35H,10,20-22H2,1-9H3/t25-,26+,27+,31?,32-,33-/m1/s1. The number of hydrogen-bond donors (Lipinski definition) is 2. The zero-order valence-corrected chi connectivity index (χ0v) is 27.2. The number of aliphatic hydroxyl groups excluding tert-OH is 2. The fourth-order valence-electron chi connectivity index (χ4n) is 5.48. The molecule has 0 aliphatic carbocycles. The number of ether oxygens (including phenoxy) is 2. The van der Waals surface area contributed by atoms with Crippen molar-refractivity contribution in [2.24, 2.45) is 17.8 Å². The Morgan fingerprint density at radius 2 is 1.30 bits per heavy atom. The van der Waals surface area contributed by atoms with E-state index >= 15 is 0 Å². The summed E-state index contributed by atoms with van der Waals surface area (Å²) in [5.74, 6) is 0.159. The first-order chi connectivity index (χ1) is 19.0. The number of benzene rings is 2. The van der Waals surface area contributed by atoms with E-state index in [9.17, 15) is 10.2 Å². The Hall–Kier alpha value is -1.74. The molecule has 0 fully saturated rings. The molecule has 0 radical (unpaired) electrons. The minimum atomic E-state index is -2.67. The van der Waals surface area contributed by atoms with Crippen molar-refractivity contribution in [3.8, 4) is 5.75 Å². The molecule has 40 heavy (non-hydrogen) atoms. The molecule has 6 nitrogen and oxygen atoms in total. The van der Waals surface area contributed by atoms with Gasteiger partial charge in [0.1, 0.15) is 5.75 Å². The smallest absolute Gasteiger partial charge is 0.343 e. The SMILES string of the molecule is CCC(O[Si](OCc1ccccc1)(C(C)C)C(C)C)[C@H](C)[C@@H](O)[C@@H](C)[C@H](O)[C@H](C)COCc1ccc(OC)cc1. The minimum Gasteiger partial charge on any atom is -0.497 e. The van der Waals surface area contributed by atoms with Crippen molar-refractivity contribution in [1.29, 1.82) is 0 Å². The molecule has 2 aromatic rings. The summed E-state index contributed by atoms with van der Waals surface area (Å²) in [5.41, 5.74) is 2.65. The van der Waals surface area contributed by atoms with Gasteiger partial charge in [-0.15, -0.1) is 0 Å². The largest absolute Gasteiger partial charge is 0.497 e. The van der Waals surface area contributed by atoms with Crippen LogP contribution in [-0.2, 0) is 26.8 Å². The van der Waals surface area contributed by atoms with Crippen LogP contribution < -0.4 is 4.74 Å². The van der Waals surface area contributed by atoms with E-state index in [4.69, 9.17) is 18.3 Å². The highest BCUT2D eigenvalue weighted by Crippen LogP contribution is 2.39. The first kappa shape index (κ1) is 34.5. The molecule has 226 valence electrons. The average Bonchev–Trinajstić information content (AvgIpc) is 2.96. The van der Waals surface area contributed by atoms with E-state index in [1.165, 1.54) is 0 Å². The van der Waals surface area contributed by atoms with Crippen LogP contribution in [0.1, 0.15) is 72.9 Å². The van der Waals surface area contributed by atoms with Crippen LogP contribution in [0.25, 0.3) is 0 Å². The van der Waals surface area contributed by atoms with E-state index in [0.29, 0.717) is 19.8 Å². The summed E-state index contributed by atoms with van der Waals surface area (Å²) in [6, 6.07) is 18.0. The predicted octanol–water partition coefficient (Wildman–Crippen LogP) is 7.12. The Morgan fingerprint density at radius 1 is 0.725 bits per heavy atom. The van der Waals surface area contributed by atoms with Crippen LogP contribution in [0.5, 0.6) is 5.75 Å². The van der Waals surface area contributed by atoms with E-state index in [0.717, 1.165) is 23.3 Å². The molecule has 0 aliphatic rings. The molecule has 0 amide bonds. The van der Waals surface area contributed by atoms with E-state index in [-0.39, 0.29) is 34.9 Å². The Kier molecular flexibility index (Phi) is 14.3. The molecule has 6 atom stereocenters. The van der Waals surface area contributed by atoms with Gasteiger partial charge in [-0.05, 0) is 40.8 Å². The van der Waals surface area contributed by atoms with E-state index < -0.39 is 20.8 Å². The predicted molar refractivity (Wildman–Crippen MR) is 165 cm³/mol. The summed E-state index contributed by atoms with van der Waals surface area (Å²) in [7, 11) is -1.02. The van der Waals surface area contributed by atoms with E-state index in [2.05, 4.69) is 46.8 Å². The summed E-state index contributed by atoms with van der Waals surface area (Å²) >= 11 is 0. The fraction of sp³-hybridized carbons (Fsp3) is 0.636. The van der Waals surface area contributed by atoms with Gasteiger partial charge in [-0.3, -0.25) is 0 Å². The molecule has 1 unspecified atom stereocenters. The molecule has 0 aliphatic heterocycles. The molecule has 2 rings (SSSR count). The summed E-state index contributed by atoms with van der Waals surface area (Å²) in [6.07, 6.45) is -0.871. The van der Waals surface area contributed by atoms with Gasteiger partial charge < -0.3 is 28.5 Å². The molecule has 0 aromatic heterocycles. The molecule has 2 N–H and O–H groups in total. The van der Waals surface area contributed by atoms with Crippen molar-refractivity contribution in [3.63, 3.8) is 0 Å².